The highest BCUT2D eigenvalue weighted by molar-refractivity contribution is 7.99. The van der Waals surface area contributed by atoms with Gasteiger partial charge in [-0.25, -0.2) is 4.79 Å². The molecule has 2 aromatic heterocycles. The van der Waals surface area contributed by atoms with Gasteiger partial charge in [-0.3, -0.25) is 9.36 Å². The Bertz CT molecular complexity index is 1370. The molecule has 1 aliphatic carbocycles. The largest absolute Gasteiger partial charge is 0.462 e. The van der Waals surface area contributed by atoms with Gasteiger partial charge in [-0.2, -0.15) is 0 Å². The van der Waals surface area contributed by atoms with Gasteiger partial charge in [0.2, 0.25) is 5.91 Å². The number of anilines is 1. The van der Waals surface area contributed by atoms with Gasteiger partial charge in [0.25, 0.3) is 0 Å². The Hall–Kier alpha value is -3.43. The Morgan fingerprint density at radius 3 is 2.50 bits per heavy atom. The molecule has 0 radical (unpaired) electrons. The van der Waals surface area contributed by atoms with Gasteiger partial charge in [0.05, 0.1) is 17.9 Å². The number of fused-ring (bicyclic) bond motifs is 1. The molecule has 0 saturated heterocycles. The van der Waals surface area contributed by atoms with Crippen LogP contribution in [0.3, 0.4) is 0 Å². The lowest BCUT2D eigenvalue weighted by Gasteiger charge is -2.12. The average molecular weight is 519 g/mol. The number of aryl methyl sites for hydroxylation is 1. The standard InChI is InChI=1S/C27H26N4O3S2/c1-2-34-26(33)23-20-15-9-10-16-21(20)36-25(23)28-22(32)17-35-27-30-29-24(18-11-5-3-6-12-18)31(27)19-13-7-4-8-14-19/h3-8,11-14H,2,9-10,15-17H2,1H3,(H,28,32). The van der Waals surface area contributed by atoms with Crippen LogP contribution >= 0.6 is 23.1 Å². The van der Waals surface area contributed by atoms with E-state index in [1.165, 1.54) is 28.0 Å². The molecular formula is C27H26N4O3S2. The maximum Gasteiger partial charge on any atom is 0.341 e. The van der Waals surface area contributed by atoms with E-state index in [1.807, 2.05) is 65.2 Å². The van der Waals surface area contributed by atoms with Crippen LogP contribution < -0.4 is 5.32 Å². The van der Waals surface area contributed by atoms with Crippen LogP contribution in [0.1, 0.15) is 40.6 Å². The summed E-state index contributed by atoms with van der Waals surface area (Å²) in [5.41, 5.74) is 3.41. The molecule has 0 fully saturated rings. The number of nitrogens with zero attached hydrogens (tertiary/aromatic N) is 3. The molecule has 0 bridgehead atoms. The van der Waals surface area contributed by atoms with Gasteiger partial charge in [0.15, 0.2) is 11.0 Å². The molecule has 36 heavy (non-hydrogen) atoms. The highest BCUT2D eigenvalue weighted by Gasteiger charge is 2.27. The average Bonchev–Trinajstić information content (AvgIpc) is 3.50. The molecule has 1 amide bonds. The van der Waals surface area contributed by atoms with Gasteiger partial charge in [0, 0.05) is 16.1 Å². The zero-order valence-electron chi connectivity index (χ0n) is 19.9. The summed E-state index contributed by atoms with van der Waals surface area (Å²) in [5.74, 6) is 0.273. The van der Waals surface area contributed by atoms with Crippen LogP contribution in [0.2, 0.25) is 0 Å². The number of hydrogen-bond acceptors (Lipinski definition) is 7. The number of thiophene rings is 1. The molecule has 1 aliphatic rings. The number of thioether (sulfide) groups is 1. The molecule has 5 rings (SSSR count). The monoisotopic (exact) mass is 518 g/mol. The van der Waals surface area contributed by atoms with E-state index in [0.717, 1.165) is 42.5 Å². The predicted octanol–water partition coefficient (Wildman–Crippen LogP) is 5.78. The van der Waals surface area contributed by atoms with E-state index in [2.05, 4.69) is 15.5 Å². The van der Waals surface area contributed by atoms with E-state index >= 15 is 0 Å². The topological polar surface area (TPSA) is 86.1 Å². The minimum absolute atomic E-state index is 0.130. The SMILES string of the molecule is CCOC(=O)c1c(NC(=O)CSc2nnc(-c3ccccc3)n2-c2ccccc2)sc2c1CCCC2. The summed E-state index contributed by atoms with van der Waals surface area (Å²) in [6.45, 7) is 2.09. The predicted molar refractivity (Wildman–Crippen MR) is 143 cm³/mol. The molecule has 0 aliphatic heterocycles. The first-order chi connectivity index (χ1) is 17.7. The lowest BCUT2D eigenvalue weighted by atomic mass is 9.95. The lowest BCUT2D eigenvalue weighted by molar-refractivity contribution is -0.113. The maximum atomic E-state index is 13.0. The van der Waals surface area contributed by atoms with Crippen molar-refractivity contribution in [3.8, 4) is 17.1 Å². The van der Waals surface area contributed by atoms with E-state index in [1.54, 1.807) is 6.92 Å². The van der Waals surface area contributed by atoms with Crippen LogP contribution in [0.15, 0.2) is 65.8 Å². The Kier molecular flexibility index (Phi) is 7.48. The molecule has 184 valence electrons. The van der Waals surface area contributed by atoms with Crippen molar-refractivity contribution in [2.75, 3.05) is 17.7 Å². The molecule has 2 aromatic carbocycles. The first-order valence-electron chi connectivity index (χ1n) is 12.0. The second-order valence-electron chi connectivity index (χ2n) is 8.32. The fraction of sp³-hybridized carbons (Fsp3) is 0.259. The molecular weight excluding hydrogens is 492 g/mol. The van der Waals surface area contributed by atoms with Gasteiger partial charge in [-0.05, 0) is 50.3 Å². The van der Waals surface area contributed by atoms with E-state index in [9.17, 15) is 9.59 Å². The summed E-state index contributed by atoms with van der Waals surface area (Å²) in [7, 11) is 0. The van der Waals surface area contributed by atoms with Crippen molar-refractivity contribution >= 4 is 40.0 Å². The smallest absolute Gasteiger partial charge is 0.341 e. The molecule has 0 saturated carbocycles. The summed E-state index contributed by atoms with van der Waals surface area (Å²) in [6.07, 6.45) is 3.91. The van der Waals surface area contributed by atoms with Crippen LogP contribution in [0.25, 0.3) is 17.1 Å². The number of benzene rings is 2. The van der Waals surface area contributed by atoms with E-state index in [0.29, 0.717) is 28.2 Å². The number of carbonyl (C=O) groups is 2. The number of ether oxygens (including phenoxy) is 1. The normalized spacial score (nSPS) is 12.7. The highest BCUT2D eigenvalue weighted by Crippen LogP contribution is 2.39. The molecule has 0 unspecified atom stereocenters. The van der Waals surface area contributed by atoms with E-state index < -0.39 is 0 Å². The van der Waals surface area contributed by atoms with Crippen molar-refractivity contribution in [2.24, 2.45) is 0 Å². The number of para-hydroxylation sites is 1. The number of nitrogens with one attached hydrogen (secondary N) is 1. The highest BCUT2D eigenvalue weighted by atomic mass is 32.2. The van der Waals surface area contributed by atoms with Crippen molar-refractivity contribution in [3.05, 3.63) is 76.7 Å². The van der Waals surface area contributed by atoms with Gasteiger partial charge in [-0.1, -0.05) is 60.3 Å². The molecule has 4 aromatic rings. The number of rotatable bonds is 8. The zero-order chi connectivity index (χ0) is 24.9. The first kappa shape index (κ1) is 24.3. The summed E-state index contributed by atoms with van der Waals surface area (Å²) in [6, 6.07) is 19.7. The Labute approximate surface area is 217 Å². The molecule has 2 heterocycles. The van der Waals surface area contributed by atoms with Gasteiger partial charge in [0.1, 0.15) is 5.00 Å². The fourth-order valence-corrected chi connectivity index (χ4v) is 6.36. The Morgan fingerprint density at radius 1 is 1.03 bits per heavy atom. The number of amides is 1. The third-order valence-electron chi connectivity index (χ3n) is 5.92. The van der Waals surface area contributed by atoms with Gasteiger partial charge < -0.3 is 10.1 Å². The van der Waals surface area contributed by atoms with Gasteiger partial charge in [-0.15, -0.1) is 21.5 Å². The van der Waals surface area contributed by atoms with Crippen molar-refractivity contribution in [2.45, 2.75) is 37.8 Å². The molecule has 1 N–H and O–H groups in total. The molecule has 9 heteroatoms. The second kappa shape index (κ2) is 11.1. The molecule has 0 spiro atoms. The minimum Gasteiger partial charge on any atom is -0.462 e. The van der Waals surface area contributed by atoms with E-state index in [4.69, 9.17) is 4.74 Å². The van der Waals surface area contributed by atoms with Crippen LogP contribution in [0, 0.1) is 0 Å². The fourth-order valence-electron chi connectivity index (χ4n) is 4.31. The van der Waals surface area contributed by atoms with Crippen molar-refractivity contribution in [3.63, 3.8) is 0 Å². The van der Waals surface area contributed by atoms with Crippen LogP contribution in [0.5, 0.6) is 0 Å². The summed E-state index contributed by atoms with van der Waals surface area (Å²) >= 11 is 2.80. The number of esters is 1. The minimum atomic E-state index is -0.365. The zero-order valence-corrected chi connectivity index (χ0v) is 21.5. The number of hydrogen-bond donors (Lipinski definition) is 1. The summed E-state index contributed by atoms with van der Waals surface area (Å²) < 4.78 is 7.26. The third kappa shape index (κ3) is 5.08. The van der Waals surface area contributed by atoms with Crippen molar-refractivity contribution < 1.29 is 14.3 Å². The van der Waals surface area contributed by atoms with Crippen molar-refractivity contribution in [1.29, 1.82) is 0 Å². The van der Waals surface area contributed by atoms with Crippen LogP contribution in [-0.2, 0) is 22.4 Å². The molecule has 0 atom stereocenters. The summed E-state index contributed by atoms with van der Waals surface area (Å²) in [4.78, 5) is 26.9. The molecule has 7 nitrogen and oxygen atoms in total. The third-order valence-corrected chi connectivity index (χ3v) is 8.05. The van der Waals surface area contributed by atoms with E-state index in [-0.39, 0.29) is 17.6 Å². The van der Waals surface area contributed by atoms with Crippen LogP contribution in [-0.4, -0.2) is 39.0 Å². The first-order valence-corrected chi connectivity index (χ1v) is 13.8. The lowest BCUT2D eigenvalue weighted by Crippen LogP contribution is -2.17. The number of aromatic nitrogens is 3. The maximum absolute atomic E-state index is 13.0. The Morgan fingerprint density at radius 2 is 1.75 bits per heavy atom. The summed E-state index contributed by atoms with van der Waals surface area (Å²) in [5, 5.41) is 13.0. The van der Waals surface area contributed by atoms with Crippen molar-refractivity contribution in [1.82, 2.24) is 14.8 Å². The quantitative estimate of drug-likeness (QED) is 0.235. The Balaban J connectivity index is 1.38. The second-order valence-corrected chi connectivity index (χ2v) is 10.4. The van der Waals surface area contributed by atoms with Gasteiger partial charge >= 0.3 is 5.97 Å². The number of carbonyl (C=O) groups excluding carboxylic acids is 2. The van der Waals surface area contributed by atoms with Crippen LogP contribution in [0.4, 0.5) is 5.00 Å².